The van der Waals surface area contributed by atoms with Crippen LogP contribution in [0.1, 0.15) is 50.3 Å². The Hall–Kier alpha value is -3.22. The molecule has 0 saturated carbocycles. The molecule has 158 valence electrons. The fraction of sp³-hybridized carbons (Fsp3) is 0.391. The van der Waals surface area contributed by atoms with Gasteiger partial charge in [-0.05, 0) is 51.8 Å². The molecule has 0 saturated heterocycles. The van der Waals surface area contributed by atoms with E-state index in [0.717, 1.165) is 10.5 Å². The second-order valence-electron chi connectivity index (χ2n) is 8.82. The fourth-order valence-corrected chi connectivity index (χ4v) is 3.96. The topological polar surface area (TPSA) is 89.8 Å². The highest BCUT2D eigenvalue weighted by Gasteiger charge is 2.56. The minimum Gasteiger partial charge on any atom is -0.443 e. The van der Waals surface area contributed by atoms with Crippen molar-refractivity contribution < 1.29 is 19.2 Å². The summed E-state index contributed by atoms with van der Waals surface area (Å²) in [6.45, 7) is 8.32. The molecule has 2 aromatic rings. The molecule has 7 heteroatoms. The summed E-state index contributed by atoms with van der Waals surface area (Å²) < 4.78 is 5.46. The maximum absolute atomic E-state index is 13.7. The monoisotopic (exact) mass is 410 g/mol. The first-order chi connectivity index (χ1) is 13.9. The zero-order chi connectivity index (χ0) is 22.3. The number of anilines is 1. The molecule has 0 N–H and O–H groups in total. The summed E-state index contributed by atoms with van der Waals surface area (Å²) in [4.78, 5) is 38.7. The Morgan fingerprint density at radius 3 is 2.33 bits per heavy atom. The molecule has 1 aliphatic rings. The highest BCUT2D eigenvalue weighted by Crippen LogP contribution is 2.50. The Kier molecular flexibility index (Phi) is 5.41. The average Bonchev–Trinajstić information content (AvgIpc) is 2.88. The summed E-state index contributed by atoms with van der Waals surface area (Å²) in [5.41, 5.74) is 0.581. The van der Waals surface area contributed by atoms with Gasteiger partial charge in [-0.25, -0.2) is 9.69 Å². The van der Waals surface area contributed by atoms with Crippen molar-refractivity contribution in [3.8, 4) is 0 Å². The first-order valence-corrected chi connectivity index (χ1v) is 9.80. The highest BCUT2D eigenvalue weighted by molar-refractivity contribution is 6.21. The fourth-order valence-electron chi connectivity index (χ4n) is 3.96. The zero-order valence-corrected chi connectivity index (χ0v) is 17.8. The van der Waals surface area contributed by atoms with Crippen LogP contribution in [0.5, 0.6) is 0 Å². The quantitative estimate of drug-likeness (QED) is 0.543. The Labute approximate surface area is 175 Å². The highest BCUT2D eigenvalue weighted by atomic mass is 16.6. The van der Waals surface area contributed by atoms with E-state index < -0.39 is 40.4 Å². The van der Waals surface area contributed by atoms with Gasteiger partial charge in [0.15, 0.2) is 0 Å². The van der Waals surface area contributed by atoms with Crippen LogP contribution >= 0.6 is 0 Å². The van der Waals surface area contributed by atoms with Gasteiger partial charge in [-0.2, -0.15) is 0 Å². The number of imide groups is 1. The molecular formula is C23H26N2O5. The number of benzene rings is 2. The van der Waals surface area contributed by atoms with Gasteiger partial charge in [0.05, 0.1) is 17.0 Å². The lowest BCUT2D eigenvalue weighted by atomic mass is 9.69. The lowest BCUT2D eigenvalue weighted by Gasteiger charge is -2.31. The van der Waals surface area contributed by atoms with E-state index in [4.69, 9.17) is 4.74 Å². The third kappa shape index (κ3) is 3.79. The SMILES string of the molecule is Cc1ccc([C@@H](C[N+](=O)[O-])[C@]2(C)C(=O)N(C(=O)OC(C)(C)C)c3ccccc32)cc1. The lowest BCUT2D eigenvalue weighted by Crippen LogP contribution is -2.47. The molecule has 1 aliphatic heterocycles. The van der Waals surface area contributed by atoms with E-state index in [-0.39, 0.29) is 0 Å². The number of nitro groups is 1. The third-order valence-electron chi connectivity index (χ3n) is 5.44. The molecule has 2 atom stereocenters. The molecule has 2 aromatic carbocycles. The van der Waals surface area contributed by atoms with Crippen LogP contribution in [0.15, 0.2) is 48.5 Å². The summed E-state index contributed by atoms with van der Waals surface area (Å²) in [6.07, 6.45) is -0.785. The first-order valence-electron chi connectivity index (χ1n) is 9.80. The predicted octanol–water partition coefficient (Wildman–Crippen LogP) is 4.59. The van der Waals surface area contributed by atoms with Crippen molar-refractivity contribution in [1.82, 2.24) is 0 Å². The van der Waals surface area contributed by atoms with Crippen molar-refractivity contribution in [1.29, 1.82) is 0 Å². The molecule has 0 unspecified atom stereocenters. The number of hydrogen-bond acceptors (Lipinski definition) is 5. The minimum atomic E-state index is -1.30. The van der Waals surface area contributed by atoms with Gasteiger partial charge in [0.25, 0.3) is 0 Å². The second kappa shape index (κ2) is 7.55. The van der Waals surface area contributed by atoms with Gasteiger partial charge >= 0.3 is 6.09 Å². The van der Waals surface area contributed by atoms with Crippen molar-refractivity contribution in [2.45, 2.75) is 51.6 Å². The number of nitrogens with zero attached hydrogens (tertiary/aromatic N) is 2. The van der Waals surface area contributed by atoms with Gasteiger partial charge in [-0.1, -0.05) is 48.0 Å². The number of hydrogen-bond donors (Lipinski definition) is 0. The van der Waals surface area contributed by atoms with Gasteiger partial charge < -0.3 is 4.74 Å². The molecule has 0 spiro atoms. The van der Waals surface area contributed by atoms with Crippen molar-refractivity contribution in [2.75, 3.05) is 11.4 Å². The molecule has 30 heavy (non-hydrogen) atoms. The normalized spacial score (nSPS) is 19.4. The summed E-state index contributed by atoms with van der Waals surface area (Å²) in [5.74, 6) is -1.28. The van der Waals surface area contributed by atoms with Gasteiger partial charge in [-0.15, -0.1) is 0 Å². The van der Waals surface area contributed by atoms with Crippen LogP contribution < -0.4 is 4.90 Å². The molecule has 0 radical (unpaired) electrons. The number of carbonyl (C=O) groups excluding carboxylic acids is 2. The number of para-hydroxylation sites is 1. The minimum absolute atomic E-state index is 0.403. The van der Waals surface area contributed by atoms with E-state index in [1.54, 1.807) is 64.1 Å². The van der Waals surface area contributed by atoms with Crippen molar-refractivity contribution in [3.05, 3.63) is 75.3 Å². The molecule has 7 nitrogen and oxygen atoms in total. The Bertz CT molecular complexity index is 993. The first kappa shape index (κ1) is 21.5. The molecular weight excluding hydrogens is 384 g/mol. The van der Waals surface area contributed by atoms with E-state index >= 15 is 0 Å². The Morgan fingerprint density at radius 2 is 1.77 bits per heavy atom. The standard InChI is InChI=1S/C23H26N2O5/c1-15-10-12-16(13-11-15)18(14-24(28)29)23(5)17-8-6-7-9-19(17)25(20(23)26)21(27)30-22(2,3)4/h6-13,18H,14H2,1-5H3/t18-,23-/m1/s1. The number of carbonyl (C=O) groups is 2. The zero-order valence-electron chi connectivity index (χ0n) is 17.8. The summed E-state index contributed by atoms with van der Waals surface area (Å²) in [5, 5.41) is 11.6. The van der Waals surface area contributed by atoms with E-state index in [2.05, 4.69) is 0 Å². The number of fused-ring (bicyclic) bond motifs is 1. The van der Waals surface area contributed by atoms with Crippen molar-refractivity contribution >= 4 is 17.7 Å². The molecule has 0 bridgehead atoms. The van der Waals surface area contributed by atoms with Crippen molar-refractivity contribution in [3.63, 3.8) is 0 Å². The van der Waals surface area contributed by atoms with E-state index in [0.29, 0.717) is 16.8 Å². The van der Waals surface area contributed by atoms with E-state index in [1.807, 2.05) is 19.1 Å². The predicted molar refractivity (Wildman–Crippen MR) is 113 cm³/mol. The van der Waals surface area contributed by atoms with Crippen LogP contribution in [0, 0.1) is 17.0 Å². The summed E-state index contributed by atoms with van der Waals surface area (Å²) in [7, 11) is 0. The molecule has 0 aromatic heterocycles. The Balaban J connectivity index is 2.16. The van der Waals surface area contributed by atoms with Crippen LogP contribution in [0.4, 0.5) is 10.5 Å². The van der Waals surface area contributed by atoms with Gasteiger partial charge in [0.2, 0.25) is 12.5 Å². The third-order valence-corrected chi connectivity index (χ3v) is 5.44. The smallest absolute Gasteiger partial charge is 0.421 e. The van der Waals surface area contributed by atoms with Crippen molar-refractivity contribution in [2.24, 2.45) is 0 Å². The number of amides is 2. The van der Waals surface area contributed by atoms with E-state index in [9.17, 15) is 19.7 Å². The van der Waals surface area contributed by atoms with E-state index in [1.165, 1.54) is 0 Å². The summed E-state index contributed by atoms with van der Waals surface area (Å²) >= 11 is 0. The molecule has 0 fully saturated rings. The maximum Gasteiger partial charge on any atom is 0.421 e. The summed E-state index contributed by atoms with van der Waals surface area (Å²) in [6, 6.07) is 14.2. The average molecular weight is 410 g/mol. The van der Waals surface area contributed by atoms with Crippen LogP contribution in [0.2, 0.25) is 0 Å². The molecule has 2 amide bonds. The lowest BCUT2D eigenvalue weighted by molar-refractivity contribution is -0.484. The van der Waals surface area contributed by atoms with Gasteiger partial charge in [-0.3, -0.25) is 14.9 Å². The number of ether oxygens (including phenoxy) is 1. The molecule has 1 heterocycles. The molecule has 0 aliphatic carbocycles. The van der Waals surface area contributed by atoms with Crippen LogP contribution in [-0.2, 0) is 14.9 Å². The van der Waals surface area contributed by atoms with Crippen LogP contribution in [-0.4, -0.2) is 29.1 Å². The van der Waals surface area contributed by atoms with Crippen LogP contribution in [0.25, 0.3) is 0 Å². The Morgan fingerprint density at radius 1 is 1.17 bits per heavy atom. The number of aryl methyl sites for hydroxylation is 1. The van der Waals surface area contributed by atoms with Crippen LogP contribution in [0.3, 0.4) is 0 Å². The maximum atomic E-state index is 13.7. The molecule has 3 rings (SSSR count). The van der Waals surface area contributed by atoms with Gasteiger partial charge in [0.1, 0.15) is 5.60 Å². The van der Waals surface area contributed by atoms with Gasteiger partial charge in [0, 0.05) is 4.92 Å². The second-order valence-corrected chi connectivity index (χ2v) is 8.82. The largest absolute Gasteiger partial charge is 0.443 e. The number of rotatable bonds is 4.